The maximum Gasteiger partial charge on any atom is 0.171 e. The van der Waals surface area contributed by atoms with Crippen molar-refractivity contribution >= 4 is 23.1 Å². The number of aromatic nitrogens is 2. The van der Waals surface area contributed by atoms with Crippen LogP contribution in [-0.2, 0) is 11.2 Å². The molecular weight excluding hydrogens is 312 g/mol. The van der Waals surface area contributed by atoms with Gasteiger partial charge in [-0.3, -0.25) is 0 Å². The number of hydrogen-bond donors (Lipinski definition) is 2. The molecule has 1 aliphatic heterocycles. The summed E-state index contributed by atoms with van der Waals surface area (Å²) in [7, 11) is 0. The number of nitrogens with one attached hydrogen (secondary N) is 1. The Kier molecular flexibility index (Phi) is 5.43. The zero-order valence-electron chi connectivity index (χ0n) is 12.9. The van der Waals surface area contributed by atoms with Crippen molar-refractivity contribution in [1.29, 1.82) is 0 Å². The fourth-order valence-corrected chi connectivity index (χ4v) is 2.98. The second-order valence-electron chi connectivity index (χ2n) is 5.86. The van der Waals surface area contributed by atoms with E-state index in [9.17, 15) is 0 Å². The van der Waals surface area contributed by atoms with Crippen molar-refractivity contribution in [3.8, 4) is 0 Å². The summed E-state index contributed by atoms with van der Waals surface area (Å²) in [5.41, 5.74) is 8.12. The van der Waals surface area contributed by atoms with Crippen LogP contribution in [0.25, 0.3) is 0 Å². The van der Waals surface area contributed by atoms with Gasteiger partial charge >= 0.3 is 0 Å². The fraction of sp³-hybridized carbons (Fsp3) is 0.412. The molecule has 2 unspecified atom stereocenters. The third-order valence-corrected chi connectivity index (χ3v) is 4.41. The lowest BCUT2D eigenvalue weighted by Gasteiger charge is -2.26. The van der Waals surface area contributed by atoms with Crippen molar-refractivity contribution < 1.29 is 4.74 Å². The molecule has 5 nitrogen and oxygen atoms in total. The van der Waals surface area contributed by atoms with Gasteiger partial charge in [0.25, 0.3) is 0 Å². The van der Waals surface area contributed by atoms with Crippen LogP contribution in [0.3, 0.4) is 0 Å². The number of nitrogens with two attached hydrogens (primary N) is 1. The monoisotopic (exact) mass is 332 g/mol. The summed E-state index contributed by atoms with van der Waals surface area (Å²) >= 11 is 6.00. The summed E-state index contributed by atoms with van der Waals surface area (Å²) in [5.74, 6) is 1.23. The first-order chi connectivity index (χ1) is 11.2. The minimum Gasteiger partial charge on any atom is -0.364 e. The van der Waals surface area contributed by atoms with Crippen molar-refractivity contribution in [1.82, 2.24) is 9.97 Å². The minimum atomic E-state index is -0.0861. The van der Waals surface area contributed by atoms with Crippen LogP contribution < -0.4 is 11.1 Å². The Morgan fingerprint density at radius 3 is 2.74 bits per heavy atom. The van der Waals surface area contributed by atoms with Gasteiger partial charge in [0.05, 0.1) is 0 Å². The lowest BCUT2D eigenvalue weighted by atomic mass is 9.92. The highest BCUT2D eigenvalue weighted by atomic mass is 35.5. The highest BCUT2D eigenvalue weighted by Gasteiger charge is 2.19. The third kappa shape index (κ3) is 4.64. The molecular formula is C17H21ClN4O. The van der Waals surface area contributed by atoms with E-state index < -0.39 is 0 Å². The predicted octanol–water partition coefficient (Wildman–Crippen LogP) is 3.52. The number of hydrogen-bond acceptors (Lipinski definition) is 5. The lowest BCUT2D eigenvalue weighted by Crippen LogP contribution is -2.32. The first-order valence-electron chi connectivity index (χ1n) is 7.90. The molecule has 1 aromatic carbocycles. The van der Waals surface area contributed by atoms with Gasteiger partial charge in [-0.05, 0) is 49.3 Å². The SMILES string of the molecule is NC1CC(CCc2ccc(Nc3nccnc3Cl)cc2)CCO1. The van der Waals surface area contributed by atoms with Crippen LogP contribution in [0.2, 0.25) is 5.15 Å². The normalized spacial score (nSPS) is 21.1. The third-order valence-electron chi connectivity index (χ3n) is 4.14. The molecule has 3 rings (SSSR count). The molecule has 1 saturated heterocycles. The Morgan fingerprint density at radius 1 is 1.22 bits per heavy atom. The molecule has 0 spiro atoms. The molecule has 3 N–H and O–H groups in total. The van der Waals surface area contributed by atoms with Crippen molar-refractivity contribution in [3.05, 3.63) is 47.4 Å². The number of ether oxygens (including phenoxy) is 1. The highest BCUT2D eigenvalue weighted by molar-refractivity contribution is 6.31. The number of halogens is 1. The standard InChI is InChI=1S/C17H21ClN4O/c18-16-17(21-9-8-20-16)22-14-5-3-12(4-6-14)1-2-13-7-10-23-15(19)11-13/h3-6,8-9,13,15H,1-2,7,10-11,19H2,(H,21,22). The van der Waals surface area contributed by atoms with Crippen molar-refractivity contribution in [2.24, 2.45) is 11.7 Å². The summed E-state index contributed by atoms with van der Waals surface area (Å²) < 4.78 is 5.39. The quantitative estimate of drug-likeness (QED) is 0.876. The fourth-order valence-electron chi connectivity index (χ4n) is 2.83. The smallest absolute Gasteiger partial charge is 0.171 e. The van der Waals surface area contributed by atoms with Crippen LogP contribution in [0.5, 0.6) is 0 Å². The molecule has 2 aromatic rings. The average Bonchev–Trinajstić information content (AvgIpc) is 2.56. The molecule has 1 fully saturated rings. The number of aryl methyl sites for hydroxylation is 1. The van der Waals surface area contributed by atoms with Crippen LogP contribution in [0.15, 0.2) is 36.7 Å². The lowest BCUT2D eigenvalue weighted by molar-refractivity contribution is -0.00624. The van der Waals surface area contributed by atoms with E-state index >= 15 is 0 Å². The molecule has 6 heteroatoms. The maximum atomic E-state index is 6.00. The highest BCUT2D eigenvalue weighted by Crippen LogP contribution is 2.24. The van der Waals surface area contributed by atoms with Gasteiger partial charge in [0, 0.05) is 24.7 Å². The average molecular weight is 333 g/mol. The second kappa shape index (κ2) is 7.73. The van der Waals surface area contributed by atoms with Crippen LogP contribution in [0, 0.1) is 5.92 Å². The zero-order chi connectivity index (χ0) is 16.1. The van der Waals surface area contributed by atoms with E-state index in [4.69, 9.17) is 22.1 Å². The minimum absolute atomic E-state index is 0.0861. The van der Waals surface area contributed by atoms with Gasteiger partial charge in [-0.15, -0.1) is 0 Å². The number of nitrogens with zero attached hydrogens (tertiary/aromatic N) is 2. The molecule has 122 valence electrons. The Labute approximate surface area is 141 Å². The predicted molar refractivity (Wildman–Crippen MR) is 91.7 cm³/mol. The van der Waals surface area contributed by atoms with Crippen LogP contribution in [0.1, 0.15) is 24.8 Å². The first-order valence-corrected chi connectivity index (χ1v) is 8.28. The summed E-state index contributed by atoms with van der Waals surface area (Å²) in [6.07, 6.45) is 7.38. The van der Waals surface area contributed by atoms with E-state index in [0.717, 1.165) is 38.0 Å². The van der Waals surface area contributed by atoms with Crippen LogP contribution in [-0.4, -0.2) is 22.8 Å². The van der Waals surface area contributed by atoms with Gasteiger partial charge in [0.2, 0.25) is 0 Å². The molecule has 2 atom stereocenters. The van der Waals surface area contributed by atoms with Gasteiger partial charge in [0.1, 0.15) is 6.23 Å². The molecule has 23 heavy (non-hydrogen) atoms. The van der Waals surface area contributed by atoms with E-state index in [-0.39, 0.29) is 6.23 Å². The van der Waals surface area contributed by atoms with Crippen LogP contribution >= 0.6 is 11.6 Å². The number of rotatable bonds is 5. The Morgan fingerprint density at radius 2 is 2.00 bits per heavy atom. The summed E-state index contributed by atoms with van der Waals surface area (Å²) in [5, 5.41) is 3.54. The van der Waals surface area contributed by atoms with Crippen molar-refractivity contribution in [2.45, 2.75) is 31.9 Å². The Bertz CT molecular complexity index is 635. The van der Waals surface area contributed by atoms with E-state index in [1.54, 1.807) is 12.4 Å². The molecule has 2 heterocycles. The molecule has 1 aliphatic rings. The number of anilines is 2. The molecule has 1 aromatic heterocycles. The van der Waals surface area contributed by atoms with E-state index in [2.05, 4.69) is 27.4 Å². The van der Waals surface area contributed by atoms with Gasteiger partial charge in [-0.25, -0.2) is 9.97 Å². The van der Waals surface area contributed by atoms with Crippen molar-refractivity contribution in [3.63, 3.8) is 0 Å². The molecule has 0 amide bonds. The Hall–Kier alpha value is -1.69. The summed E-state index contributed by atoms with van der Waals surface area (Å²) in [6.45, 7) is 0.785. The molecule has 0 radical (unpaired) electrons. The van der Waals surface area contributed by atoms with Crippen LogP contribution in [0.4, 0.5) is 11.5 Å². The second-order valence-corrected chi connectivity index (χ2v) is 6.21. The first kappa shape index (κ1) is 16.2. The van der Waals surface area contributed by atoms with Gasteiger partial charge in [-0.2, -0.15) is 0 Å². The van der Waals surface area contributed by atoms with Crippen molar-refractivity contribution in [2.75, 3.05) is 11.9 Å². The van der Waals surface area contributed by atoms with E-state index in [1.165, 1.54) is 5.56 Å². The van der Waals surface area contributed by atoms with E-state index in [1.807, 2.05) is 12.1 Å². The van der Waals surface area contributed by atoms with Gasteiger partial charge in [0.15, 0.2) is 11.0 Å². The molecule has 0 bridgehead atoms. The van der Waals surface area contributed by atoms with E-state index in [0.29, 0.717) is 16.9 Å². The summed E-state index contributed by atoms with van der Waals surface area (Å²) in [6, 6.07) is 8.34. The zero-order valence-corrected chi connectivity index (χ0v) is 13.7. The molecule has 0 saturated carbocycles. The van der Waals surface area contributed by atoms with Gasteiger partial charge in [-0.1, -0.05) is 23.7 Å². The number of benzene rings is 1. The molecule has 0 aliphatic carbocycles. The van der Waals surface area contributed by atoms with Gasteiger partial charge < -0.3 is 15.8 Å². The maximum absolute atomic E-state index is 6.00. The topological polar surface area (TPSA) is 73.1 Å². The Balaban J connectivity index is 1.54. The largest absolute Gasteiger partial charge is 0.364 e. The summed E-state index contributed by atoms with van der Waals surface area (Å²) in [4.78, 5) is 8.17.